The number of para-hydroxylation sites is 1. The highest BCUT2D eigenvalue weighted by Crippen LogP contribution is 2.68. The van der Waals surface area contributed by atoms with Crippen LogP contribution < -0.4 is 0 Å². The first kappa shape index (κ1) is 24.9. The van der Waals surface area contributed by atoms with Gasteiger partial charge in [0.25, 0.3) is 0 Å². The molecule has 5 nitrogen and oxygen atoms in total. The number of aliphatic hydroxyl groups excluding tert-OH is 3. The SMILES string of the molecule is Cc1cccc2nc(CCC(C)[C@H]3CC[C@H]4[C@@H]5[C@H](O)C[C@@H]6C[C@H](O)CC[C@]6(C)[C@H]5C[C@H](O)[C@]34C)oc12. The molecule has 0 aliphatic heterocycles. The Morgan fingerprint density at radius 3 is 2.64 bits per heavy atom. The summed E-state index contributed by atoms with van der Waals surface area (Å²) in [7, 11) is 0. The lowest BCUT2D eigenvalue weighted by molar-refractivity contribution is -0.207. The normalized spacial score (nSPS) is 45.2. The molecule has 4 aliphatic rings. The Hall–Kier alpha value is -1.43. The van der Waals surface area contributed by atoms with Crippen molar-refractivity contribution in [2.45, 2.75) is 104 Å². The number of aryl methyl sites for hydroxylation is 2. The molecule has 1 unspecified atom stereocenters. The second-order valence-corrected chi connectivity index (χ2v) is 13.6. The minimum Gasteiger partial charge on any atom is -0.440 e. The molecule has 0 radical (unpaired) electrons. The molecule has 0 bridgehead atoms. The van der Waals surface area contributed by atoms with Crippen LogP contribution in [-0.2, 0) is 6.42 Å². The molecular weight excluding hydrogens is 450 g/mol. The van der Waals surface area contributed by atoms with Gasteiger partial charge in [0.2, 0.25) is 0 Å². The van der Waals surface area contributed by atoms with Gasteiger partial charge in [0, 0.05) is 6.42 Å². The predicted octanol–water partition coefficient (Wildman–Crippen LogP) is 5.67. The molecule has 0 amide bonds. The van der Waals surface area contributed by atoms with Crippen LogP contribution in [0.25, 0.3) is 11.1 Å². The van der Waals surface area contributed by atoms with Crippen molar-refractivity contribution in [3.05, 3.63) is 29.7 Å². The number of aliphatic hydroxyl groups is 3. The van der Waals surface area contributed by atoms with Crippen LogP contribution in [0.2, 0.25) is 0 Å². The largest absolute Gasteiger partial charge is 0.440 e. The number of rotatable bonds is 4. The van der Waals surface area contributed by atoms with Crippen LogP contribution in [0.1, 0.15) is 83.6 Å². The van der Waals surface area contributed by atoms with E-state index in [1.165, 1.54) is 0 Å². The van der Waals surface area contributed by atoms with E-state index in [-0.39, 0.29) is 35.1 Å². The average molecular weight is 496 g/mol. The van der Waals surface area contributed by atoms with Gasteiger partial charge in [0.05, 0.1) is 18.3 Å². The topological polar surface area (TPSA) is 86.7 Å². The van der Waals surface area contributed by atoms with Gasteiger partial charge >= 0.3 is 0 Å². The molecule has 1 aromatic carbocycles. The Morgan fingerprint density at radius 2 is 1.86 bits per heavy atom. The molecule has 4 fully saturated rings. The van der Waals surface area contributed by atoms with E-state index in [2.05, 4.69) is 33.8 Å². The molecule has 6 rings (SSSR count). The quantitative estimate of drug-likeness (QED) is 0.509. The monoisotopic (exact) mass is 495 g/mol. The molecule has 0 saturated heterocycles. The van der Waals surface area contributed by atoms with Crippen molar-refractivity contribution in [2.75, 3.05) is 0 Å². The second-order valence-electron chi connectivity index (χ2n) is 13.6. The van der Waals surface area contributed by atoms with Gasteiger partial charge in [-0.3, -0.25) is 0 Å². The van der Waals surface area contributed by atoms with Crippen LogP contribution in [0.3, 0.4) is 0 Å². The van der Waals surface area contributed by atoms with Gasteiger partial charge < -0.3 is 19.7 Å². The molecular formula is C31H45NO4. The van der Waals surface area contributed by atoms with Crippen LogP contribution >= 0.6 is 0 Å². The van der Waals surface area contributed by atoms with Crippen LogP contribution in [0.4, 0.5) is 0 Å². The van der Waals surface area contributed by atoms with Gasteiger partial charge in [-0.1, -0.05) is 32.9 Å². The molecule has 4 aliphatic carbocycles. The summed E-state index contributed by atoms with van der Waals surface area (Å²) < 4.78 is 6.11. The highest BCUT2D eigenvalue weighted by Gasteiger charge is 2.65. The number of nitrogens with zero attached hydrogens (tertiary/aromatic N) is 1. The summed E-state index contributed by atoms with van der Waals surface area (Å²) >= 11 is 0. The number of hydrogen-bond donors (Lipinski definition) is 3. The van der Waals surface area contributed by atoms with E-state index in [1.54, 1.807) is 0 Å². The van der Waals surface area contributed by atoms with Gasteiger partial charge in [0.1, 0.15) is 5.52 Å². The first-order valence-electron chi connectivity index (χ1n) is 14.5. The Morgan fingerprint density at radius 1 is 1.06 bits per heavy atom. The fourth-order valence-electron chi connectivity index (χ4n) is 9.92. The summed E-state index contributed by atoms with van der Waals surface area (Å²) in [6.07, 6.45) is 7.47. The molecule has 5 heteroatoms. The third-order valence-corrected chi connectivity index (χ3v) is 12.0. The van der Waals surface area contributed by atoms with Gasteiger partial charge in [-0.25, -0.2) is 4.98 Å². The maximum absolute atomic E-state index is 11.8. The Kier molecular flexibility index (Phi) is 6.09. The summed E-state index contributed by atoms with van der Waals surface area (Å²) in [5, 5.41) is 33.6. The number of oxazole rings is 1. The van der Waals surface area contributed by atoms with Crippen LogP contribution in [-0.4, -0.2) is 38.6 Å². The lowest BCUT2D eigenvalue weighted by Gasteiger charge is -2.63. The minimum absolute atomic E-state index is 0.125. The molecule has 11 atom stereocenters. The summed E-state index contributed by atoms with van der Waals surface area (Å²) in [6.45, 7) is 9.15. The van der Waals surface area contributed by atoms with Crippen molar-refractivity contribution in [3.63, 3.8) is 0 Å². The number of fused-ring (bicyclic) bond motifs is 6. The second kappa shape index (κ2) is 8.81. The van der Waals surface area contributed by atoms with Gasteiger partial charge in [0.15, 0.2) is 11.5 Å². The van der Waals surface area contributed by atoms with Crippen molar-refractivity contribution in [3.8, 4) is 0 Å². The average Bonchev–Trinajstić information content (AvgIpc) is 3.42. The molecule has 36 heavy (non-hydrogen) atoms. The van der Waals surface area contributed by atoms with Crippen molar-refractivity contribution in [1.29, 1.82) is 0 Å². The summed E-state index contributed by atoms with van der Waals surface area (Å²) in [5.74, 6) is 3.06. The van der Waals surface area contributed by atoms with Crippen LogP contribution in [0.15, 0.2) is 22.6 Å². The molecule has 4 saturated carbocycles. The zero-order valence-corrected chi connectivity index (χ0v) is 22.5. The fourth-order valence-corrected chi connectivity index (χ4v) is 9.92. The Labute approximate surface area is 215 Å². The first-order chi connectivity index (χ1) is 17.1. The van der Waals surface area contributed by atoms with E-state index in [4.69, 9.17) is 9.40 Å². The number of benzene rings is 1. The summed E-state index contributed by atoms with van der Waals surface area (Å²) in [5.41, 5.74) is 2.93. The van der Waals surface area contributed by atoms with E-state index >= 15 is 0 Å². The van der Waals surface area contributed by atoms with Gasteiger partial charge in [-0.2, -0.15) is 0 Å². The highest BCUT2D eigenvalue weighted by molar-refractivity contribution is 5.75. The highest BCUT2D eigenvalue weighted by atomic mass is 16.3. The molecule has 3 N–H and O–H groups in total. The van der Waals surface area contributed by atoms with Crippen molar-refractivity contribution < 1.29 is 19.7 Å². The maximum Gasteiger partial charge on any atom is 0.195 e. The molecule has 1 heterocycles. The van der Waals surface area contributed by atoms with E-state index in [0.717, 1.165) is 80.3 Å². The van der Waals surface area contributed by atoms with Crippen molar-refractivity contribution in [1.82, 2.24) is 4.98 Å². The fraction of sp³-hybridized carbons (Fsp3) is 0.774. The molecule has 198 valence electrons. The molecule has 2 aromatic rings. The van der Waals surface area contributed by atoms with Crippen LogP contribution in [0.5, 0.6) is 0 Å². The zero-order valence-electron chi connectivity index (χ0n) is 22.5. The zero-order chi connectivity index (χ0) is 25.4. The smallest absolute Gasteiger partial charge is 0.195 e. The van der Waals surface area contributed by atoms with Crippen LogP contribution in [0, 0.1) is 53.3 Å². The standard InChI is InChI=1S/C31H45NO4/c1-17(8-11-27-32-24-7-5-6-18(2)29(24)36-27)21-9-10-22-28-23(16-26(35)31(21,22)4)30(3)13-12-20(33)14-19(30)15-25(28)34/h5-7,17,19-23,25-26,28,33-35H,8-16H2,1-4H3/t17?,19-,20+,21+,22-,23-,25+,26-,28-,30-,31+/m0/s1. The maximum atomic E-state index is 11.8. The van der Waals surface area contributed by atoms with E-state index in [1.807, 2.05) is 12.1 Å². The lowest BCUT2D eigenvalue weighted by Crippen LogP contribution is -2.62. The van der Waals surface area contributed by atoms with E-state index in [9.17, 15) is 15.3 Å². The van der Waals surface area contributed by atoms with E-state index < -0.39 is 0 Å². The Bertz CT molecular complexity index is 1110. The number of hydrogen-bond acceptors (Lipinski definition) is 5. The summed E-state index contributed by atoms with van der Waals surface area (Å²) in [6, 6.07) is 6.11. The predicted molar refractivity (Wildman–Crippen MR) is 140 cm³/mol. The first-order valence-corrected chi connectivity index (χ1v) is 14.5. The third-order valence-electron chi connectivity index (χ3n) is 12.0. The molecule has 1 aromatic heterocycles. The van der Waals surface area contributed by atoms with Gasteiger partial charge in [-0.05, 0) is 116 Å². The van der Waals surface area contributed by atoms with Crippen molar-refractivity contribution in [2.24, 2.45) is 46.3 Å². The number of aromatic nitrogens is 1. The molecule has 0 spiro atoms. The third kappa shape index (κ3) is 3.63. The van der Waals surface area contributed by atoms with Gasteiger partial charge in [-0.15, -0.1) is 0 Å². The summed E-state index contributed by atoms with van der Waals surface area (Å²) in [4.78, 5) is 4.73. The lowest BCUT2D eigenvalue weighted by atomic mass is 9.43. The Balaban J connectivity index is 1.21. The van der Waals surface area contributed by atoms with E-state index in [0.29, 0.717) is 29.6 Å². The minimum atomic E-state index is -0.333. The van der Waals surface area contributed by atoms with Crippen molar-refractivity contribution >= 4 is 11.1 Å².